The molecule has 1 aliphatic heterocycles. The number of fused-ring (bicyclic) bond motifs is 1. The molecule has 1 saturated carbocycles. The van der Waals surface area contributed by atoms with E-state index in [1.165, 1.54) is 32.4 Å². The van der Waals surface area contributed by atoms with Gasteiger partial charge in [0.25, 0.3) is 0 Å². The van der Waals surface area contributed by atoms with Gasteiger partial charge < -0.3 is 10.2 Å². The average Bonchev–Trinajstić information content (AvgIpc) is 3.55. The zero-order valence-electron chi connectivity index (χ0n) is 17.8. The van der Waals surface area contributed by atoms with Crippen LogP contribution in [0.5, 0.6) is 0 Å². The van der Waals surface area contributed by atoms with Gasteiger partial charge in [0.1, 0.15) is 0 Å². The van der Waals surface area contributed by atoms with Gasteiger partial charge in [-0.05, 0) is 91.3 Å². The highest BCUT2D eigenvalue weighted by molar-refractivity contribution is 9.10. The molecule has 1 saturated heterocycles. The van der Waals surface area contributed by atoms with Crippen LogP contribution in [0.3, 0.4) is 0 Å². The normalized spacial score (nSPS) is 21.5. The fourth-order valence-electron chi connectivity index (χ4n) is 5.38. The number of hydrogen-bond acceptors (Lipinski definition) is 2. The Labute approximate surface area is 188 Å². The van der Waals surface area contributed by atoms with E-state index in [0.717, 1.165) is 58.0 Å². The maximum Gasteiger partial charge on any atom is 0.225 e. The second kappa shape index (κ2) is 8.37. The molecule has 0 spiro atoms. The summed E-state index contributed by atoms with van der Waals surface area (Å²) in [7, 11) is 0. The van der Waals surface area contributed by atoms with E-state index in [2.05, 4.69) is 69.5 Å². The quantitative estimate of drug-likeness (QED) is 0.566. The summed E-state index contributed by atoms with van der Waals surface area (Å²) < 4.78 is 1.22. The van der Waals surface area contributed by atoms with Crippen molar-refractivity contribution in [2.45, 2.75) is 63.8 Å². The highest BCUT2D eigenvalue weighted by Gasteiger charge is 2.35. The number of nitrogens with zero attached hydrogens (tertiary/aromatic N) is 1. The number of anilines is 1. The Morgan fingerprint density at radius 2 is 1.90 bits per heavy atom. The Morgan fingerprint density at radius 3 is 2.63 bits per heavy atom. The maximum atomic E-state index is 12.4. The zero-order valence-corrected chi connectivity index (χ0v) is 19.4. The van der Waals surface area contributed by atoms with E-state index in [0.29, 0.717) is 23.8 Å². The van der Waals surface area contributed by atoms with Gasteiger partial charge in [0.05, 0.1) is 6.04 Å². The third kappa shape index (κ3) is 3.91. The van der Waals surface area contributed by atoms with E-state index in [1.807, 2.05) is 0 Å². The Hall–Kier alpha value is -1.81. The Bertz CT molecular complexity index is 944. The van der Waals surface area contributed by atoms with E-state index in [-0.39, 0.29) is 0 Å². The first-order valence-electron chi connectivity index (χ1n) is 11.6. The monoisotopic (exact) mass is 466 g/mol. The van der Waals surface area contributed by atoms with Gasteiger partial charge in [-0.1, -0.05) is 41.1 Å². The molecule has 1 atom stereocenters. The molecule has 4 heteroatoms. The second-order valence-electron chi connectivity index (χ2n) is 9.19. The minimum atomic E-state index is 0.346. The summed E-state index contributed by atoms with van der Waals surface area (Å²) in [5.74, 6) is 1.34. The average molecular weight is 467 g/mol. The molecule has 1 heterocycles. The summed E-state index contributed by atoms with van der Waals surface area (Å²) in [6.45, 7) is 4.11. The molecule has 0 aromatic heterocycles. The van der Waals surface area contributed by atoms with Crippen LogP contribution in [0, 0.1) is 5.92 Å². The molecule has 2 fully saturated rings. The molecule has 2 aliphatic carbocycles. The first-order chi connectivity index (χ1) is 14.6. The summed E-state index contributed by atoms with van der Waals surface area (Å²) in [6, 6.07) is 13.9. The van der Waals surface area contributed by atoms with Gasteiger partial charge in [0, 0.05) is 29.2 Å². The number of hydrogen-bond donors (Lipinski definition) is 1. The Balaban J connectivity index is 1.28. The summed E-state index contributed by atoms with van der Waals surface area (Å²) in [5.41, 5.74) is 7.06. The molecule has 0 bridgehead atoms. The van der Waals surface area contributed by atoms with Crippen LogP contribution in [-0.2, 0) is 17.6 Å². The number of nitrogens with one attached hydrogen (secondary N) is 1. The topological polar surface area (TPSA) is 32.3 Å². The van der Waals surface area contributed by atoms with Crippen LogP contribution in [0.25, 0.3) is 0 Å². The minimum absolute atomic E-state index is 0.346. The highest BCUT2D eigenvalue weighted by Crippen LogP contribution is 2.40. The van der Waals surface area contributed by atoms with Crippen molar-refractivity contribution >= 4 is 27.5 Å². The van der Waals surface area contributed by atoms with Crippen molar-refractivity contribution in [2.75, 3.05) is 18.4 Å². The molecule has 3 nitrogen and oxygen atoms in total. The van der Waals surface area contributed by atoms with E-state index in [9.17, 15) is 4.79 Å². The number of amides is 1. The van der Waals surface area contributed by atoms with E-state index >= 15 is 0 Å². The maximum absolute atomic E-state index is 12.4. The van der Waals surface area contributed by atoms with Crippen LogP contribution in [0.1, 0.15) is 73.2 Å². The number of carbonyl (C=O) groups is 1. The predicted octanol–water partition coefficient (Wildman–Crippen LogP) is 6.23. The Kier molecular flexibility index (Phi) is 5.61. The van der Waals surface area contributed by atoms with Gasteiger partial charge in [-0.15, -0.1) is 0 Å². The van der Waals surface area contributed by atoms with Crippen molar-refractivity contribution in [3.05, 3.63) is 63.1 Å². The van der Waals surface area contributed by atoms with Gasteiger partial charge in [-0.2, -0.15) is 0 Å². The van der Waals surface area contributed by atoms with Crippen LogP contribution >= 0.6 is 15.9 Å². The lowest BCUT2D eigenvalue weighted by molar-refractivity contribution is -0.133. The molecule has 0 radical (unpaired) electrons. The van der Waals surface area contributed by atoms with Crippen molar-refractivity contribution in [3.8, 4) is 0 Å². The van der Waals surface area contributed by atoms with Gasteiger partial charge in [-0.3, -0.25) is 4.79 Å². The summed E-state index contributed by atoms with van der Waals surface area (Å²) in [4.78, 5) is 14.5. The summed E-state index contributed by atoms with van der Waals surface area (Å²) >= 11 is 3.75. The van der Waals surface area contributed by atoms with Crippen LogP contribution in [0.2, 0.25) is 0 Å². The first-order valence-corrected chi connectivity index (χ1v) is 12.4. The SMILES string of the molecule is CCc1cc(NC2CCc3cccc(Br)c32)ccc1C1CCN(C(=O)C2CC2)CC1. The van der Waals surface area contributed by atoms with Gasteiger partial charge in [0.2, 0.25) is 5.91 Å². The molecular weight excluding hydrogens is 436 g/mol. The number of rotatable bonds is 5. The molecule has 2 aromatic rings. The fraction of sp³-hybridized carbons (Fsp3) is 0.500. The molecule has 3 aliphatic rings. The molecule has 2 aromatic carbocycles. The smallest absolute Gasteiger partial charge is 0.225 e. The third-order valence-electron chi connectivity index (χ3n) is 7.23. The fourth-order valence-corrected chi connectivity index (χ4v) is 6.06. The van der Waals surface area contributed by atoms with Crippen LogP contribution in [-0.4, -0.2) is 23.9 Å². The summed E-state index contributed by atoms with van der Waals surface area (Å²) in [5, 5.41) is 3.80. The van der Waals surface area contributed by atoms with Crippen molar-refractivity contribution in [2.24, 2.45) is 5.92 Å². The summed E-state index contributed by atoms with van der Waals surface area (Å²) in [6.07, 6.45) is 7.75. The number of piperidine rings is 1. The lowest BCUT2D eigenvalue weighted by Crippen LogP contribution is -2.38. The molecule has 158 valence electrons. The van der Waals surface area contributed by atoms with Crippen LogP contribution < -0.4 is 5.32 Å². The molecule has 30 heavy (non-hydrogen) atoms. The third-order valence-corrected chi connectivity index (χ3v) is 7.92. The number of likely N-dealkylation sites (tertiary alicyclic amines) is 1. The number of halogens is 1. The lowest BCUT2D eigenvalue weighted by atomic mass is 9.85. The number of aryl methyl sites for hydroxylation is 2. The van der Waals surface area contributed by atoms with Crippen molar-refractivity contribution in [1.82, 2.24) is 4.90 Å². The van der Waals surface area contributed by atoms with Crippen LogP contribution in [0.15, 0.2) is 40.9 Å². The van der Waals surface area contributed by atoms with Crippen molar-refractivity contribution < 1.29 is 4.79 Å². The zero-order chi connectivity index (χ0) is 20.7. The van der Waals surface area contributed by atoms with Crippen LogP contribution in [0.4, 0.5) is 5.69 Å². The van der Waals surface area contributed by atoms with E-state index in [4.69, 9.17) is 0 Å². The highest BCUT2D eigenvalue weighted by atomic mass is 79.9. The van der Waals surface area contributed by atoms with Crippen molar-refractivity contribution in [3.63, 3.8) is 0 Å². The number of benzene rings is 2. The standard InChI is InChI=1S/C26H31BrN2O/c1-2-17-16-21(28-24-11-8-19-4-3-5-23(27)25(19)24)9-10-22(17)18-12-14-29(15-13-18)26(30)20-6-7-20/h3-5,9-10,16,18,20,24,28H,2,6-8,11-15H2,1H3. The van der Waals surface area contributed by atoms with Gasteiger partial charge in [0.15, 0.2) is 0 Å². The Morgan fingerprint density at radius 1 is 1.10 bits per heavy atom. The second-order valence-corrected chi connectivity index (χ2v) is 10.0. The van der Waals surface area contributed by atoms with E-state index in [1.54, 1.807) is 0 Å². The predicted molar refractivity (Wildman–Crippen MR) is 126 cm³/mol. The number of carbonyl (C=O) groups excluding carboxylic acids is 1. The van der Waals surface area contributed by atoms with E-state index < -0.39 is 0 Å². The minimum Gasteiger partial charge on any atom is -0.378 e. The molecule has 1 amide bonds. The first kappa shape index (κ1) is 20.1. The molecule has 5 rings (SSSR count). The largest absolute Gasteiger partial charge is 0.378 e. The molecule has 1 unspecified atom stereocenters. The molecule has 1 N–H and O–H groups in total. The van der Waals surface area contributed by atoms with Gasteiger partial charge in [-0.25, -0.2) is 0 Å². The lowest BCUT2D eigenvalue weighted by Gasteiger charge is -2.33. The van der Waals surface area contributed by atoms with Crippen molar-refractivity contribution in [1.29, 1.82) is 0 Å². The van der Waals surface area contributed by atoms with Gasteiger partial charge >= 0.3 is 0 Å². The molecular formula is C26H31BrN2O.